The molecule has 1 aromatic carbocycles. The molecule has 2 aliphatic rings. The highest BCUT2D eigenvalue weighted by Crippen LogP contribution is 2.37. The standard InChI is InChI=1S/C34H33ClF3N9O5/c1-3-24-27(43-10-12-44(13-11-43)31(50)22-6-9-45-25(28(22)48)18(2)17-40-45)32(51)47-33(41-30(42-47)19-7-14-52-15-8-19)46(24)26(29(39)49)21-5-4-20(16-23(21)35)34(36,37)38/h4-7,9,16-17,26,48H,3,8,10-15H2,1-2H3,(H2,39,49). The molecule has 2 aliphatic heterocycles. The lowest BCUT2D eigenvalue weighted by Crippen LogP contribution is -2.51. The highest BCUT2D eigenvalue weighted by molar-refractivity contribution is 6.31. The molecule has 1 saturated heterocycles. The van der Waals surface area contributed by atoms with Crippen LogP contribution in [0.5, 0.6) is 5.75 Å². The van der Waals surface area contributed by atoms with Crippen molar-refractivity contribution in [2.24, 2.45) is 5.73 Å². The van der Waals surface area contributed by atoms with E-state index in [1.54, 1.807) is 42.1 Å². The Morgan fingerprint density at radius 1 is 1.15 bits per heavy atom. The first-order chi connectivity index (χ1) is 24.8. The topological polar surface area (TPSA) is 166 Å². The smallest absolute Gasteiger partial charge is 0.416 e. The molecule has 0 saturated carbocycles. The summed E-state index contributed by atoms with van der Waals surface area (Å²) >= 11 is 6.44. The van der Waals surface area contributed by atoms with E-state index >= 15 is 0 Å². The van der Waals surface area contributed by atoms with Crippen LogP contribution in [0.25, 0.3) is 16.9 Å². The number of nitrogens with two attached hydrogens (primary N) is 1. The Labute approximate surface area is 298 Å². The average molecular weight is 740 g/mol. The number of hydrogen-bond acceptors (Lipinski definition) is 9. The fraction of sp³-hybridized carbons (Fsp3) is 0.353. The van der Waals surface area contributed by atoms with Crippen molar-refractivity contribution in [3.05, 3.63) is 91.9 Å². The number of carbonyl (C=O) groups is 2. The number of pyridine rings is 1. The van der Waals surface area contributed by atoms with E-state index in [-0.39, 0.29) is 71.8 Å². The molecule has 0 spiro atoms. The fourth-order valence-electron chi connectivity index (χ4n) is 6.88. The number of carbonyl (C=O) groups excluding carboxylic acids is 2. The van der Waals surface area contributed by atoms with Gasteiger partial charge in [0.05, 0.1) is 36.2 Å². The number of aromatic hydroxyl groups is 1. The number of aromatic nitrogens is 6. The zero-order valence-corrected chi connectivity index (χ0v) is 28.8. The maximum Gasteiger partial charge on any atom is 0.416 e. The van der Waals surface area contributed by atoms with E-state index in [1.807, 2.05) is 0 Å². The van der Waals surface area contributed by atoms with E-state index in [2.05, 4.69) is 15.2 Å². The zero-order chi connectivity index (χ0) is 37.1. The average Bonchev–Trinajstić information content (AvgIpc) is 3.74. The van der Waals surface area contributed by atoms with Crippen molar-refractivity contribution in [3.8, 4) is 5.75 Å². The summed E-state index contributed by atoms with van der Waals surface area (Å²) in [5.74, 6) is -1.38. The molecule has 1 atom stereocenters. The lowest BCUT2D eigenvalue weighted by atomic mass is 10.0. The third-order valence-corrected chi connectivity index (χ3v) is 9.78. The van der Waals surface area contributed by atoms with Crippen molar-refractivity contribution < 1.29 is 32.6 Å². The summed E-state index contributed by atoms with van der Waals surface area (Å²) in [7, 11) is 0. The van der Waals surface area contributed by atoms with Crippen LogP contribution in [-0.2, 0) is 22.1 Å². The van der Waals surface area contributed by atoms with Crippen molar-refractivity contribution in [1.29, 1.82) is 0 Å². The second kappa shape index (κ2) is 13.3. The number of aryl methyl sites for hydroxylation is 1. The van der Waals surface area contributed by atoms with E-state index in [9.17, 15) is 32.7 Å². The third kappa shape index (κ3) is 5.92. The predicted octanol–water partition coefficient (Wildman–Crippen LogP) is 3.63. The number of amides is 2. The first kappa shape index (κ1) is 35.0. The van der Waals surface area contributed by atoms with E-state index in [0.717, 1.165) is 22.7 Å². The molecule has 18 heteroatoms. The van der Waals surface area contributed by atoms with E-state index in [4.69, 9.17) is 22.1 Å². The molecule has 0 aliphatic carbocycles. The van der Waals surface area contributed by atoms with Gasteiger partial charge in [0.1, 0.15) is 17.2 Å². The van der Waals surface area contributed by atoms with Crippen LogP contribution in [0.15, 0.2) is 47.5 Å². The zero-order valence-electron chi connectivity index (χ0n) is 28.0. The van der Waals surface area contributed by atoms with Crippen LogP contribution in [0.2, 0.25) is 5.02 Å². The molecular formula is C34H33ClF3N9O5. The van der Waals surface area contributed by atoms with Crippen LogP contribution in [-0.4, -0.2) is 90.0 Å². The normalized spacial score (nSPS) is 16.1. The molecule has 5 aromatic rings. The summed E-state index contributed by atoms with van der Waals surface area (Å²) in [5.41, 5.74) is 6.83. The van der Waals surface area contributed by atoms with Crippen LogP contribution >= 0.6 is 11.6 Å². The second-order valence-corrected chi connectivity index (χ2v) is 12.9. The number of primary amides is 1. The van der Waals surface area contributed by atoms with Crippen LogP contribution in [0.4, 0.5) is 18.9 Å². The van der Waals surface area contributed by atoms with Gasteiger partial charge in [-0.25, -0.2) is 4.52 Å². The number of piperazine rings is 1. The number of halogens is 4. The Kier molecular flexibility index (Phi) is 8.94. The van der Waals surface area contributed by atoms with E-state index in [0.29, 0.717) is 42.0 Å². The van der Waals surface area contributed by atoms with Crippen LogP contribution in [0.1, 0.15) is 58.0 Å². The van der Waals surface area contributed by atoms with Crippen LogP contribution < -0.4 is 16.2 Å². The van der Waals surface area contributed by atoms with E-state index in [1.165, 1.54) is 15.1 Å². The lowest BCUT2D eigenvalue weighted by Gasteiger charge is -2.37. The Hall–Kier alpha value is -5.42. The van der Waals surface area contributed by atoms with Crippen molar-refractivity contribution in [1.82, 2.24) is 33.7 Å². The number of benzene rings is 1. The number of rotatable bonds is 7. The first-order valence-corrected chi connectivity index (χ1v) is 16.8. The van der Waals surface area contributed by atoms with E-state index < -0.39 is 35.2 Å². The molecule has 4 aromatic heterocycles. The minimum Gasteiger partial charge on any atom is -0.505 e. The lowest BCUT2D eigenvalue weighted by molar-refractivity contribution is -0.137. The molecular weight excluding hydrogens is 707 g/mol. The van der Waals surface area contributed by atoms with Crippen molar-refractivity contribution >= 4 is 46.0 Å². The van der Waals surface area contributed by atoms with Gasteiger partial charge in [-0.15, -0.1) is 5.10 Å². The SMILES string of the molecule is CCc1c(N2CCN(C(=O)c3ccn4ncc(C)c4c3O)CC2)c(=O)n2nc(C3=CCOCC3)nc2n1C(C(N)=O)c1ccc(C(F)(F)F)cc1Cl. The molecule has 0 radical (unpaired) electrons. The third-order valence-electron chi connectivity index (χ3n) is 9.45. The van der Waals surface area contributed by atoms with Gasteiger partial charge in [-0.2, -0.15) is 27.8 Å². The molecule has 2 amide bonds. The molecule has 7 rings (SSSR count). The molecule has 3 N–H and O–H groups in total. The number of anilines is 1. The number of fused-ring (bicyclic) bond motifs is 2. The maximum atomic E-state index is 14.4. The molecule has 272 valence electrons. The van der Waals surface area contributed by atoms with Gasteiger partial charge in [0, 0.05) is 43.0 Å². The minimum absolute atomic E-state index is 0.0242. The monoisotopic (exact) mass is 739 g/mol. The summed E-state index contributed by atoms with van der Waals surface area (Å²) < 4.78 is 50.1. The van der Waals surface area contributed by atoms with Gasteiger partial charge in [-0.05, 0) is 49.1 Å². The van der Waals surface area contributed by atoms with Gasteiger partial charge >= 0.3 is 6.18 Å². The molecule has 14 nitrogen and oxygen atoms in total. The second-order valence-electron chi connectivity index (χ2n) is 12.5. The number of ether oxygens (including phenoxy) is 1. The Bertz CT molecular complexity index is 2340. The number of nitrogens with zero attached hydrogens (tertiary/aromatic N) is 8. The summed E-state index contributed by atoms with van der Waals surface area (Å²) in [6, 6.07) is 2.64. The first-order valence-electron chi connectivity index (χ1n) is 16.5. The van der Waals surface area contributed by atoms with Gasteiger partial charge in [0.2, 0.25) is 11.7 Å². The molecule has 1 fully saturated rings. The Balaban J connectivity index is 1.33. The summed E-state index contributed by atoms with van der Waals surface area (Å²) in [6.45, 7) is 4.94. The van der Waals surface area contributed by atoms with Crippen molar-refractivity contribution in [2.75, 3.05) is 44.3 Å². The summed E-state index contributed by atoms with van der Waals surface area (Å²) in [4.78, 5) is 49.4. The Morgan fingerprint density at radius 3 is 2.54 bits per heavy atom. The fourth-order valence-corrected chi connectivity index (χ4v) is 7.16. The maximum absolute atomic E-state index is 14.4. The number of hydrogen-bond donors (Lipinski definition) is 2. The predicted molar refractivity (Wildman–Crippen MR) is 184 cm³/mol. The number of alkyl halides is 3. The Morgan fingerprint density at radius 2 is 1.90 bits per heavy atom. The highest BCUT2D eigenvalue weighted by Gasteiger charge is 2.36. The van der Waals surface area contributed by atoms with Gasteiger partial charge in [0.25, 0.3) is 11.5 Å². The summed E-state index contributed by atoms with van der Waals surface area (Å²) in [5, 5.41) is 19.3. The largest absolute Gasteiger partial charge is 0.505 e. The molecule has 52 heavy (non-hydrogen) atoms. The van der Waals surface area contributed by atoms with Crippen molar-refractivity contribution in [2.45, 2.75) is 38.9 Å². The van der Waals surface area contributed by atoms with Gasteiger partial charge in [-0.3, -0.25) is 19.0 Å². The molecule has 6 heterocycles. The highest BCUT2D eigenvalue weighted by atomic mass is 35.5. The minimum atomic E-state index is -4.69. The van der Waals surface area contributed by atoms with Crippen molar-refractivity contribution in [3.63, 3.8) is 0 Å². The van der Waals surface area contributed by atoms with Crippen LogP contribution in [0, 0.1) is 6.92 Å². The quantitative estimate of drug-likeness (QED) is 0.254. The molecule has 1 unspecified atom stereocenters. The van der Waals surface area contributed by atoms with Crippen LogP contribution in [0.3, 0.4) is 0 Å². The van der Waals surface area contributed by atoms with Gasteiger partial charge < -0.3 is 25.4 Å². The summed E-state index contributed by atoms with van der Waals surface area (Å²) in [6.07, 6.45) is 0.902. The molecule has 0 bridgehead atoms. The van der Waals surface area contributed by atoms with Gasteiger partial charge in [-0.1, -0.05) is 30.7 Å². The van der Waals surface area contributed by atoms with Gasteiger partial charge in [0.15, 0.2) is 11.6 Å².